The van der Waals surface area contributed by atoms with Crippen LogP contribution in [-0.2, 0) is 0 Å². The normalized spacial score (nSPS) is 12.6. The lowest BCUT2D eigenvalue weighted by atomic mass is 10.2. The molecule has 0 fully saturated rings. The maximum absolute atomic E-state index is 13.7. The molecule has 1 aliphatic rings. The average Bonchev–Trinajstić information content (AvgIpc) is 3.15. The third kappa shape index (κ3) is 1.98. The van der Waals surface area contributed by atoms with Gasteiger partial charge in [0.2, 0.25) is 12.6 Å². The highest BCUT2D eigenvalue weighted by Gasteiger charge is 2.20. The Bertz CT molecular complexity index is 843. The highest BCUT2D eigenvalue weighted by atomic mass is 19.1. The van der Waals surface area contributed by atoms with Crippen molar-refractivity contribution in [1.82, 2.24) is 10.1 Å². The van der Waals surface area contributed by atoms with Crippen molar-refractivity contribution >= 4 is 0 Å². The third-order valence-corrected chi connectivity index (χ3v) is 3.23. The van der Waals surface area contributed by atoms with Crippen LogP contribution in [0, 0.1) is 11.6 Å². The Hall–Kier alpha value is -2.96. The lowest BCUT2D eigenvalue weighted by molar-refractivity contribution is 0.174. The quantitative estimate of drug-likeness (QED) is 0.726. The third-order valence-electron chi connectivity index (χ3n) is 3.23. The molecule has 2 aromatic carbocycles. The van der Waals surface area contributed by atoms with Gasteiger partial charge < -0.3 is 14.0 Å². The zero-order valence-corrected chi connectivity index (χ0v) is 11.0. The van der Waals surface area contributed by atoms with E-state index in [4.69, 9.17) is 14.0 Å². The van der Waals surface area contributed by atoms with E-state index in [1.54, 1.807) is 18.2 Å². The number of hydrogen-bond donors (Lipinski definition) is 0. The van der Waals surface area contributed by atoms with Crippen LogP contribution >= 0.6 is 0 Å². The van der Waals surface area contributed by atoms with Crippen molar-refractivity contribution in [1.29, 1.82) is 0 Å². The average molecular weight is 302 g/mol. The summed E-state index contributed by atoms with van der Waals surface area (Å²) in [6.07, 6.45) is 0. The molecule has 0 atom stereocenters. The molecule has 0 bridgehead atoms. The van der Waals surface area contributed by atoms with Crippen LogP contribution in [0.5, 0.6) is 11.5 Å². The number of ether oxygens (including phenoxy) is 2. The molecule has 0 radical (unpaired) electrons. The van der Waals surface area contributed by atoms with Gasteiger partial charge in [-0.3, -0.25) is 0 Å². The maximum atomic E-state index is 13.7. The van der Waals surface area contributed by atoms with E-state index in [1.807, 2.05) is 0 Å². The monoisotopic (exact) mass is 302 g/mol. The fourth-order valence-electron chi connectivity index (χ4n) is 2.18. The Morgan fingerprint density at radius 2 is 1.73 bits per heavy atom. The van der Waals surface area contributed by atoms with Crippen LogP contribution in [0.1, 0.15) is 0 Å². The van der Waals surface area contributed by atoms with Crippen molar-refractivity contribution in [3.05, 3.63) is 48.0 Å². The van der Waals surface area contributed by atoms with Gasteiger partial charge in [0.25, 0.3) is 5.89 Å². The molecule has 0 spiro atoms. The second kappa shape index (κ2) is 4.80. The molecule has 110 valence electrons. The van der Waals surface area contributed by atoms with Crippen LogP contribution in [0.2, 0.25) is 0 Å². The van der Waals surface area contributed by atoms with E-state index in [2.05, 4.69) is 10.1 Å². The molecule has 1 aromatic heterocycles. The minimum absolute atomic E-state index is 0.150. The lowest BCUT2D eigenvalue weighted by Crippen LogP contribution is -1.92. The Labute approximate surface area is 123 Å². The predicted molar refractivity (Wildman–Crippen MR) is 71.2 cm³/mol. The number of nitrogens with zero attached hydrogens (tertiary/aromatic N) is 2. The van der Waals surface area contributed by atoms with Crippen LogP contribution in [0.25, 0.3) is 22.8 Å². The summed E-state index contributed by atoms with van der Waals surface area (Å²) in [5.74, 6) is -0.366. The summed E-state index contributed by atoms with van der Waals surface area (Å²) in [5, 5.41) is 3.75. The van der Waals surface area contributed by atoms with Gasteiger partial charge in [-0.25, -0.2) is 8.78 Å². The minimum Gasteiger partial charge on any atom is -0.454 e. The Balaban J connectivity index is 1.76. The van der Waals surface area contributed by atoms with Crippen LogP contribution in [-0.4, -0.2) is 16.9 Å². The molecule has 22 heavy (non-hydrogen) atoms. The van der Waals surface area contributed by atoms with Crippen LogP contribution in [0.3, 0.4) is 0 Å². The fraction of sp³-hybridized carbons (Fsp3) is 0.0667. The van der Waals surface area contributed by atoms with Crippen molar-refractivity contribution < 1.29 is 22.8 Å². The van der Waals surface area contributed by atoms with Crippen molar-refractivity contribution in [3.63, 3.8) is 0 Å². The number of rotatable bonds is 2. The number of fused-ring (bicyclic) bond motifs is 1. The van der Waals surface area contributed by atoms with Gasteiger partial charge in [-0.05, 0) is 30.3 Å². The molecule has 1 aliphatic heterocycles. The smallest absolute Gasteiger partial charge is 0.264 e. The maximum Gasteiger partial charge on any atom is 0.264 e. The Kier molecular flexibility index (Phi) is 2.78. The minimum atomic E-state index is -0.763. The van der Waals surface area contributed by atoms with Crippen LogP contribution in [0.4, 0.5) is 8.78 Å². The van der Waals surface area contributed by atoms with Crippen molar-refractivity contribution in [3.8, 4) is 34.3 Å². The van der Waals surface area contributed by atoms with Crippen molar-refractivity contribution in [2.24, 2.45) is 0 Å². The van der Waals surface area contributed by atoms with E-state index in [-0.39, 0.29) is 24.1 Å². The van der Waals surface area contributed by atoms with Gasteiger partial charge in [0, 0.05) is 5.56 Å². The van der Waals surface area contributed by atoms with Gasteiger partial charge in [0.05, 0.1) is 0 Å². The first kappa shape index (κ1) is 12.8. The van der Waals surface area contributed by atoms with E-state index in [9.17, 15) is 8.78 Å². The Morgan fingerprint density at radius 3 is 2.55 bits per heavy atom. The number of benzene rings is 2. The molecule has 0 N–H and O–H groups in total. The molecule has 5 nitrogen and oxygen atoms in total. The summed E-state index contributed by atoms with van der Waals surface area (Å²) in [5.41, 5.74) is 0.248. The lowest BCUT2D eigenvalue weighted by Gasteiger charge is -1.98. The molecule has 0 aliphatic carbocycles. The first-order chi connectivity index (χ1) is 10.7. The first-order valence-corrected chi connectivity index (χ1v) is 6.40. The SMILES string of the molecule is Fc1cccc(F)c1-c1nc(-c2ccc3c(c2)OCO3)no1. The van der Waals surface area contributed by atoms with Crippen molar-refractivity contribution in [2.75, 3.05) is 6.79 Å². The highest BCUT2D eigenvalue weighted by Crippen LogP contribution is 2.35. The van der Waals surface area contributed by atoms with Crippen molar-refractivity contribution in [2.45, 2.75) is 0 Å². The Morgan fingerprint density at radius 1 is 0.955 bits per heavy atom. The molecule has 0 saturated carbocycles. The second-order valence-corrected chi connectivity index (χ2v) is 4.59. The van der Waals surface area contributed by atoms with Gasteiger partial charge in [-0.1, -0.05) is 11.2 Å². The van der Waals surface area contributed by atoms with E-state index in [0.717, 1.165) is 12.1 Å². The molecule has 0 unspecified atom stereocenters. The number of hydrogen-bond acceptors (Lipinski definition) is 5. The summed E-state index contributed by atoms with van der Waals surface area (Å²) >= 11 is 0. The summed E-state index contributed by atoms with van der Waals surface area (Å²) in [6, 6.07) is 8.61. The van der Waals surface area contributed by atoms with Gasteiger partial charge in [-0.15, -0.1) is 0 Å². The highest BCUT2D eigenvalue weighted by molar-refractivity contribution is 5.64. The van der Waals surface area contributed by atoms with Crippen LogP contribution < -0.4 is 9.47 Å². The topological polar surface area (TPSA) is 57.4 Å². The number of halogens is 2. The summed E-state index contributed by atoms with van der Waals surface area (Å²) < 4.78 is 42.9. The van der Waals surface area contributed by atoms with Gasteiger partial charge >= 0.3 is 0 Å². The van der Waals surface area contributed by atoms with Gasteiger partial charge in [0.1, 0.15) is 17.2 Å². The molecule has 4 rings (SSSR count). The second-order valence-electron chi connectivity index (χ2n) is 4.59. The van der Waals surface area contributed by atoms with Gasteiger partial charge in [0.15, 0.2) is 11.5 Å². The first-order valence-electron chi connectivity index (χ1n) is 6.40. The molecule has 0 saturated heterocycles. The fourth-order valence-corrected chi connectivity index (χ4v) is 2.18. The zero-order chi connectivity index (χ0) is 15.1. The largest absolute Gasteiger partial charge is 0.454 e. The van der Waals surface area contributed by atoms with Gasteiger partial charge in [-0.2, -0.15) is 4.98 Å². The molecular weight excluding hydrogens is 294 g/mol. The van der Waals surface area contributed by atoms with E-state index in [1.165, 1.54) is 6.07 Å². The van der Waals surface area contributed by atoms with E-state index in [0.29, 0.717) is 17.1 Å². The summed E-state index contributed by atoms with van der Waals surface area (Å²) in [4.78, 5) is 4.04. The summed E-state index contributed by atoms with van der Waals surface area (Å²) in [7, 11) is 0. The number of aromatic nitrogens is 2. The van der Waals surface area contributed by atoms with Crippen LogP contribution in [0.15, 0.2) is 40.9 Å². The molecule has 7 heteroatoms. The summed E-state index contributed by atoms with van der Waals surface area (Å²) in [6.45, 7) is 0.150. The molecule has 2 heterocycles. The molecular formula is C15H8F2N2O3. The zero-order valence-electron chi connectivity index (χ0n) is 11.0. The van der Waals surface area contributed by atoms with E-state index >= 15 is 0 Å². The van der Waals surface area contributed by atoms with E-state index < -0.39 is 11.6 Å². The predicted octanol–water partition coefficient (Wildman–Crippen LogP) is 3.41. The molecule has 3 aromatic rings. The molecule has 0 amide bonds. The standard InChI is InChI=1S/C15H8F2N2O3/c16-9-2-1-3-10(17)13(9)15-18-14(19-22-15)8-4-5-11-12(6-8)21-7-20-11/h1-6H,7H2.